The van der Waals surface area contributed by atoms with E-state index in [1.165, 1.54) is 6.07 Å². The van der Waals surface area contributed by atoms with Crippen molar-refractivity contribution in [2.45, 2.75) is 59.7 Å². The van der Waals surface area contributed by atoms with Gasteiger partial charge in [-0.25, -0.2) is 9.78 Å². The van der Waals surface area contributed by atoms with E-state index >= 15 is 0 Å². The molecule has 1 aromatic rings. The predicted molar refractivity (Wildman–Crippen MR) is 87.2 cm³/mol. The van der Waals surface area contributed by atoms with Crippen molar-refractivity contribution in [1.29, 1.82) is 0 Å². The summed E-state index contributed by atoms with van der Waals surface area (Å²) in [5.41, 5.74) is 0.896. The maximum Gasteiger partial charge on any atom is 0.550 e. The van der Waals surface area contributed by atoms with E-state index in [9.17, 15) is 9.59 Å². The zero-order valence-corrected chi connectivity index (χ0v) is 15.2. The number of hydrogen-bond acceptors (Lipinski definition) is 8. The summed E-state index contributed by atoms with van der Waals surface area (Å²) >= 11 is 0. The Balaban J connectivity index is 2.81. The van der Waals surface area contributed by atoms with Gasteiger partial charge in [0.05, 0.1) is 12.2 Å². The minimum absolute atomic E-state index is 0.0300. The predicted octanol–water partition coefficient (Wildman–Crippen LogP) is 4.52. The molecule has 0 atom stereocenters. The van der Waals surface area contributed by atoms with E-state index < -0.39 is 12.3 Å². The number of carbonyl (C=O) groups excluding carboxylic acids is 2. The lowest BCUT2D eigenvalue weighted by atomic mass is 10.0. The van der Waals surface area contributed by atoms with Crippen LogP contribution in [-0.2, 0) is 19.2 Å². The van der Waals surface area contributed by atoms with Gasteiger partial charge in [0.15, 0.2) is 0 Å². The smallest absolute Gasteiger partial charge is 0.429 e. The van der Waals surface area contributed by atoms with Gasteiger partial charge in [-0.2, -0.15) is 9.59 Å². The van der Waals surface area contributed by atoms with E-state index in [-0.39, 0.29) is 29.6 Å². The van der Waals surface area contributed by atoms with Crippen molar-refractivity contribution < 1.29 is 38.6 Å². The van der Waals surface area contributed by atoms with E-state index in [2.05, 4.69) is 9.78 Å². The molecule has 1 aromatic carbocycles. The van der Waals surface area contributed by atoms with E-state index in [0.717, 1.165) is 5.56 Å². The van der Waals surface area contributed by atoms with Gasteiger partial charge in [0, 0.05) is 0 Å². The van der Waals surface area contributed by atoms with E-state index in [4.69, 9.17) is 19.2 Å². The second-order valence-corrected chi connectivity index (χ2v) is 6.03. The van der Waals surface area contributed by atoms with Crippen LogP contribution in [0.1, 0.15) is 53.0 Å². The van der Waals surface area contributed by atoms with Crippen molar-refractivity contribution in [3.05, 3.63) is 23.8 Å². The van der Waals surface area contributed by atoms with E-state index in [1.807, 2.05) is 13.8 Å². The highest BCUT2D eigenvalue weighted by molar-refractivity contribution is 5.60. The van der Waals surface area contributed by atoms with Gasteiger partial charge >= 0.3 is 12.3 Å². The first-order valence-corrected chi connectivity index (χ1v) is 7.93. The van der Waals surface area contributed by atoms with Crippen molar-refractivity contribution in [2.75, 3.05) is 0 Å². The quantitative estimate of drug-likeness (QED) is 0.400. The standard InChI is InChI=1S/C17H24O8/c1-10(2)13-7-8-14(22-24-16(18)20-11(3)4)15(9-13)23-25-17(19)21-12(5)6/h7-12H,1-6H3. The van der Waals surface area contributed by atoms with Gasteiger partial charge in [0.2, 0.25) is 11.5 Å². The monoisotopic (exact) mass is 356 g/mol. The van der Waals surface area contributed by atoms with Crippen LogP contribution < -0.4 is 9.78 Å². The highest BCUT2D eigenvalue weighted by Crippen LogP contribution is 2.31. The summed E-state index contributed by atoms with van der Waals surface area (Å²) in [7, 11) is 0. The molecule has 0 aliphatic heterocycles. The summed E-state index contributed by atoms with van der Waals surface area (Å²) < 4.78 is 9.58. The lowest BCUT2D eigenvalue weighted by Crippen LogP contribution is -2.16. The normalized spacial score (nSPS) is 10.6. The molecule has 0 amide bonds. The molecule has 0 aliphatic carbocycles. The van der Waals surface area contributed by atoms with Crippen LogP contribution in [0, 0.1) is 0 Å². The van der Waals surface area contributed by atoms with Crippen molar-refractivity contribution in [3.8, 4) is 11.5 Å². The maximum atomic E-state index is 11.4. The summed E-state index contributed by atoms with van der Waals surface area (Å²) in [6.07, 6.45) is -2.72. The van der Waals surface area contributed by atoms with Gasteiger partial charge in [-0.05, 0) is 51.3 Å². The third-order valence-electron chi connectivity index (χ3n) is 2.70. The molecule has 0 aromatic heterocycles. The van der Waals surface area contributed by atoms with Gasteiger partial charge in [0.25, 0.3) is 0 Å². The van der Waals surface area contributed by atoms with E-state index in [0.29, 0.717) is 0 Å². The molecule has 1 rings (SSSR count). The van der Waals surface area contributed by atoms with Crippen LogP contribution in [-0.4, -0.2) is 24.5 Å². The third kappa shape index (κ3) is 7.65. The Morgan fingerprint density at radius 1 is 0.760 bits per heavy atom. The minimum Gasteiger partial charge on any atom is -0.429 e. The Morgan fingerprint density at radius 2 is 1.24 bits per heavy atom. The molecular weight excluding hydrogens is 332 g/mol. The summed E-state index contributed by atoms with van der Waals surface area (Å²) in [4.78, 5) is 41.8. The van der Waals surface area contributed by atoms with Gasteiger partial charge in [-0.1, -0.05) is 19.9 Å². The molecule has 0 bridgehead atoms. The largest absolute Gasteiger partial charge is 0.550 e. The molecule has 0 fully saturated rings. The number of ether oxygens (including phenoxy) is 2. The summed E-state index contributed by atoms with van der Waals surface area (Å²) in [6.45, 7) is 10.6. The van der Waals surface area contributed by atoms with Crippen LogP contribution in [0.5, 0.6) is 11.5 Å². The number of rotatable bonds is 7. The van der Waals surface area contributed by atoms with Gasteiger partial charge in [-0.15, -0.1) is 0 Å². The summed E-state index contributed by atoms with van der Waals surface area (Å²) in [5.74, 6) is 0.262. The fraction of sp³-hybridized carbons (Fsp3) is 0.529. The Morgan fingerprint density at radius 3 is 1.68 bits per heavy atom. The molecule has 8 nitrogen and oxygen atoms in total. The molecule has 0 saturated carbocycles. The van der Waals surface area contributed by atoms with Crippen LogP contribution in [0.2, 0.25) is 0 Å². The van der Waals surface area contributed by atoms with Crippen LogP contribution in [0.3, 0.4) is 0 Å². The SMILES string of the molecule is CC(C)OC(=O)OOc1ccc(C(C)C)cc1OOC(=O)OC(C)C. The lowest BCUT2D eigenvalue weighted by Gasteiger charge is -2.13. The van der Waals surface area contributed by atoms with Crippen LogP contribution in [0.15, 0.2) is 18.2 Å². The van der Waals surface area contributed by atoms with Gasteiger partial charge in [-0.3, -0.25) is 9.78 Å². The molecule has 0 aliphatic rings. The van der Waals surface area contributed by atoms with Crippen molar-refractivity contribution in [3.63, 3.8) is 0 Å². The molecule has 8 heteroatoms. The third-order valence-corrected chi connectivity index (χ3v) is 2.70. The van der Waals surface area contributed by atoms with E-state index in [1.54, 1.807) is 39.8 Å². The molecule has 0 radical (unpaired) electrons. The summed E-state index contributed by atoms with van der Waals surface area (Å²) in [6, 6.07) is 4.88. The molecule has 0 N–H and O–H groups in total. The highest BCUT2D eigenvalue weighted by atomic mass is 17.3. The molecule has 25 heavy (non-hydrogen) atoms. The van der Waals surface area contributed by atoms with Crippen LogP contribution in [0.4, 0.5) is 9.59 Å². The van der Waals surface area contributed by atoms with Crippen LogP contribution >= 0.6 is 0 Å². The average Bonchev–Trinajstić information content (AvgIpc) is 2.49. The molecule has 140 valence electrons. The minimum atomic E-state index is -1.01. The van der Waals surface area contributed by atoms with Crippen molar-refractivity contribution >= 4 is 12.3 Å². The zero-order chi connectivity index (χ0) is 19.0. The fourth-order valence-corrected chi connectivity index (χ4v) is 1.60. The molecule has 0 unspecified atom stereocenters. The zero-order valence-electron chi connectivity index (χ0n) is 15.2. The first kappa shape index (κ1) is 20.4. The Kier molecular flexibility index (Phi) is 7.84. The number of hydrogen-bond donors (Lipinski definition) is 0. The molecule has 0 saturated heterocycles. The Hall–Kier alpha value is -2.64. The van der Waals surface area contributed by atoms with Crippen LogP contribution in [0.25, 0.3) is 0 Å². The van der Waals surface area contributed by atoms with Crippen molar-refractivity contribution in [2.24, 2.45) is 0 Å². The second kappa shape index (κ2) is 9.61. The van der Waals surface area contributed by atoms with Gasteiger partial charge < -0.3 is 9.47 Å². The average molecular weight is 356 g/mol. The Bertz CT molecular complexity index is 580. The van der Waals surface area contributed by atoms with Gasteiger partial charge in [0.1, 0.15) is 0 Å². The highest BCUT2D eigenvalue weighted by Gasteiger charge is 2.17. The first-order chi connectivity index (χ1) is 11.7. The molecular formula is C17H24O8. The fourth-order valence-electron chi connectivity index (χ4n) is 1.60. The molecule has 0 heterocycles. The lowest BCUT2D eigenvalue weighted by molar-refractivity contribution is -0.192. The number of carbonyl (C=O) groups is 2. The topological polar surface area (TPSA) is 89.5 Å². The summed E-state index contributed by atoms with van der Waals surface area (Å²) in [5, 5.41) is 0. The molecule has 0 spiro atoms. The van der Waals surface area contributed by atoms with Crippen molar-refractivity contribution in [1.82, 2.24) is 0 Å². The Labute approximate surface area is 146 Å². The number of benzene rings is 1. The second-order valence-electron chi connectivity index (χ2n) is 6.03. The maximum absolute atomic E-state index is 11.4. The first-order valence-electron chi connectivity index (χ1n) is 7.93.